The van der Waals surface area contributed by atoms with Crippen LogP contribution in [-0.2, 0) is 4.74 Å². The Labute approximate surface area is 134 Å². The Balaban J connectivity index is 1.90. The largest absolute Gasteiger partial charge is 0.485 e. The summed E-state index contributed by atoms with van der Waals surface area (Å²) in [6, 6.07) is 6.32. The second-order valence-corrected chi connectivity index (χ2v) is 5.39. The maximum atomic E-state index is 12.3. The van der Waals surface area contributed by atoms with Crippen LogP contribution in [0.4, 0.5) is 19.3 Å². The Morgan fingerprint density at radius 3 is 2.96 bits per heavy atom. The maximum Gasteiger partial charge on any atom is 0.321 e. The number of benzene rings is 1. The first-order valence-corrected chi connectivity index (χ1v) is 7.73. The Morgan fingerprint density at radius 1 is 1.43 bits per heavy atom. The highest BCUT2D eigenvalue weighted by Crippen LogP contribution is 2.25. The number of carbonyl (C=O) groups excluding carboxylic acids is 1. The molecule has 1 saturated heterocycles. The zero-order chi connectivity index (χ0) is 16.7. The molecule has 0 radical (unpaired) electrons. The summed E-state index contributed by atoms with van der Waals surface area (Å²) in [7, 11) is 0. The second kappa shape index (κ2) is 8.67. The Hall–Kier alpha value is -1.89. The van der Waals surface area contributed by atoms with E-state index in [0.717, 1.165) is 6.42 Å². The standard InChI is InChI=1S/C16H22F2N2O3/c1-2-22-10-12-7-8-20(9-12)16(21)19-13-5-3-4-6-14(13)23-11-15(17)18/h3-6,12,15H,2,7-11H2,1H3,(H,19,21). The number of ether oxygens (including phenoxy) is 2. The number of anilines is 1. The molecule has 0 bridgehead atoms. The third-order valence-corrected chi connectivity index (χ3v) is 3.62. The maximum absolute atomic E-state index is 12.3. The fraction of sp³-hybridized carbons (Fsp3) is 0.562. The molecular formula is C16H22F2N2O3. The van der Waals surface area contributed by atoms with Gasteiger partial charge >= 0.3 is 6.03 Å². The molecule has 1 fully saturated rings. The number of rotatable bonds is 7. The van der Waals surface area contributed by atoms with Gasteiger partial charge < -0.3 is 19.7 Å². The smallest absolute Gasteiger partial charge is 0.321 e. The fourth-order valence-corrected chi connectivity index (χ4v) is 2.48. The summed E-state index contributed by atoms with van der Waals surface area (Å²) in [5, 5.41) is 2.73. The molecular weight excluding hydrogens is 306 g/mol. The van der Waals surface area contributed by atoms with E-state index in [4.69, 9.17) is 9.47 Å². The molecule has 0 saturated carbocycles. The van der Waals surface area contributed by atoms with E-state index < -0.39 is 13.0 Å². The number of hydrogen-bond acceptors (Lipinski definition) is 3. The minimum absolute atomic E-state index is 0.242. The average Bonchev–Trinajstić information content (AvgIpc) is 3.01. The molecule has 1 aliphatic heterocycles. The summed E-state index contributed by atoms with van der Waals surface area (Å²) in [5.74, 6) is 0.581. The van der Waals surface area contributed by atoms with Crippen LogP contribution in [0.1, 0.15) is 13.3 Å². The highest BCUT2D eigenvalue weighted by atomic mass is 19.3. The van der Waals surface area contributed by atoms with Crippen molar-refractivity contribution in [1.82, 2.24) is 4.90 Å². The first kappa shape index (κ1) is 17.5. The van der Waals surface area contributed by atoms with Crippen molar-refractivity contribution in [3.63, 3.8) is 0 Å². The first-order chi connectivity index (χ1) is 11.1. The van der Waals surface area contributed by atoms with Crippen LogP contribution >= 0.6 is 0 Å². The fourth-order valence-electron chi connectivity index (χ4n) is 2.48. The molecule has 2 amide bonds. The lowest BCUT2D eigenvalue weighted by molar-refractivity contribution is 0.0822. The van der Waals surface area contributed by atoms with E-state index in [1.54, 1.807) is 29.2 Å². The van der Waals surface area contributed by atoms with Crippen LogP contribution in [0.25, 0.3) is 0 Å². The molecule has 5 nitrogen and oxygen atoms in total. The third-order valence-electron chi connectivity index (χ3n) is 3.62. The van der Waals surface area contributed by atoms with Crippen molar-refractivity contribution >= 4 is 11.7 Å². The zero-order valence-electron chi connectivity index (χ0n) is 13.1. The van der Waals surface area contributed by atoms with Gasteiger partial charge in [0.25, 0.3) is 6.43 Å². The summed E-state index contributed by atoms with van der Waals surface area (Å²) >= 11 is 0. The van der Waals surface area contributed by atoms with Crippen molar-refractivity contribution < 1.29 is 23.0 Å². The summed E-state index contributed by atoms with van der Waals surface area (Å²) in [5.41, 5.74) is 0.395. The molecule has 2 rings (SSSR count). The Bertz CT molecular complexity index is 514. The molecule has 1 atom stereocenters. The van der Waals surface area contributed by atoms with E-state index in [2.05, 4.69) is 5.32 Å². The van der Waals surface area contributed by atoms with Crippen LogP contribution in [0.5, 0.6) is 5.75 Å². The van der Waals surface area contributed by atoms with Gasteiger partial charge in [-0.05, 0) is 25.5 Å². The zero-order valence-corrected chi connectivity index (χ0v) is 13.1. The lowest BCUT2D eigenvalue weighted by Crippen LogP contribution is -2.33. The van der Waals surface area contributed by atoms with E-state index in [9.17, 15) is 13.6 Å². The van der Waals surface area contributed by atoms with Gasteiger partial charge in [-0.15, -0.1) is 0 Å². The molecule has 23 heavy (non-hydrogen) atoms. The number of carbonyl (C=O) groups is 1. The van der Waals surface area contributed by atoms with Gasteiger partial charge in [-0.3, -0.25) is 0 Å². The number of amides is 2. The van der Waals surface area contributed by atoms with Crippen molar-refractivity contribution in [3.05, 3.63) is 24.3 Å². The molecule has 1 N–H and O–H groups in total. The molecule has 1 heterocycles. The third kappa shape index (κ3) is 5.35. The second-order valence-electron chi connectivity index (χ2n) is 5.39. The number of urea groups is 1. The number of nitrogens with zero attached hydrogens (tertiary/aromatic N) is 1. The van der Waals surface area contributed by atoms with Crippen molar-refractivity contribution in [2.45, 2.75) is 19.8 Å². The molecule has 0 aliphatic carbocycles. The summed E-state index contributed by atoms with van der Waals surface area (Å²) in [6.07, 6.45) is -1.66. The van der Waals surface area contributed by atoms with Gasteiger partial charge in [0.2, 0.25) is 0 Å². The summed E-state index contributed by atoms with van der Waals surface area (Å²) in [4.78, 5) is 14.0. The SMILES string of the molecule is CCOCC1CCN(C(=O)Nc2ccccc2OCC(F)F)C1. The van der Waals surface area contributed by atoms with Crippen LogP contribution in [0.15, 0.2) is 24.3 Å². The Morgan fingerprint density at radius 2 is 2.22 bits per heavy atom. The molecule has 0 spiro atoms. The minimum atomic E-state index is -2.56. The van der Waals surface area contributed by atoms with E-state index in [1.807, 2.05) is 6.92 Å². The van der Waals surface area contributed by atoms with Crippen molar-refractivity contribution in [3.8, 4) is 5.75 Å². The van der Waals surface area contributed by atoms with Crippen molar-refractivity contribution in [2.24, 2.45) is 5.92 Å². The first-order valence-electron chi connectivity index (χ1n) is 7.73. The van der Waals surface area contributed by atoms with E-state index in [1.165, 1.54) is 0 Å². The van der Waals surface area contributed by atoms with Crippen LogP contribution in [0.2, 0.25) is 0 Å². The number of halogens is 2. The predicted octanol–water partition coefficient (Wildman–Crippen LogP) is 3.22. The Kier molecular flexibility index (Phi) is 6.58. The van der Waals surface area contributed by atoms with E-state index in [0.29, 0.717) is 37.9 Å². The quantitative estimate of drug-likeness (QED) is 0.836. The molecule has 128 valence electrons. The number of hydrogen-bond donors (Lipinski definition) is 1. The van der Waals surface area contributed by atoms with Gasteiger partial charge in [0.1, 0.15) is 12.4 Å². The van der Waals surface area contributed by atoms with Gasteiger partial charge in [0.15, 0.2) is 0 Å². The monoisotopic (exact) mass is 328 g/mol. The van der Waals surface area contributed by atoms with Gasteiger partial charge in [0, 0.05) is 25.6 Å². The minimum Gasteiger partial charge on any atom is -0.485 e. The van der Waals surface area contributed by atoms with Crippen molar-refractivity contribution in [1.29, 1.82) is 0 Å². The van der Waals surface area contributed by atoms with E-state index >= 15 is 0 Å². The molecule has 1 unspecified atom stereocenters. The summed E-state index contributed by atoms with van der Waals surface area (Å²) < 4.78 is 35.0. The molecule has 7 heteroatoms. The molecule has 0 aromatic heterocycles. The lowest BCUT2D eigenvalue weighted by atomic mass is 10.1. The highest BCUT2D eigenvalue weighted by molar-refractivity contribution is 5.91. The number of para-hydroxylation sites is 2. The topological polar surface area (TPSA) is 50.8 Å². The van der Waals surface area contributed by atoms with Crippen LogP contribution < -0.4 is 10.1 Å². The van der Waals surface area contributed by atoms with Gasteiger partial charge in [0.05, 0.1) is 12.3 Å². The van der Waals surface area contributed by atoms with Crippen LogP contribution in [0, 0.1) is 5.92 Å². The normalized spacial score (nSPS) is 17.6. The number of likely N-dealkylation sites (tertiary alicyclic amines) is 1. The molecule has 1 aliphatic rings. The summed E-state index contributed by atoms with van der Waals surface area (Å²) in [6.45, 7) is 3.84. The van der Waals surface area contributed by atoms with Crippen molar-refractivity contribution in [2.75, 3.05) is 38.2 Å². The average molecular weight is 328 g/mol. The predicted molar refractivity (Wildman–Crippen MR) is 83.1 cm³/mol. The van der Waals surface area contributed by atoms with E-state index in [-0.39, 0.29) is 11.8 Å². The van der Waals surface area contributed by atoms with Crippen LogP contribution in [-0.4, -0.2) is 50.3 Å². The van der Waals surface area contributed by atoms with Gasteiger partial charge in [-0.25, -0.2) is 13.6 Å². The van der Waals surface area contributed by atoms with Crippen LogP contribution in [0.3, 0.4) is 0 Å². The number of nitrogens with one attached hydrogen (secondary N) is 1. The van der Waals surface area contributed by atoms with Gasteiger partial charge in [-0.1, -0.05) is 12.1 Å². The highest BCUT2D eigenvalue weighted by Gasteiger charge is 2.26. The molecule has 1 aromatic carbocycles. The number of alkyl halides is 2. The van der Waals surface area contributed by atoms with Gasteiger partial charge in [-0.2, -0.15) is 0 Å². The lowest BCUT2D eigenvalue weighted by Gasteiger charge is -2.19. The molecule has 1 aromatic rings.